The zero-order valence-corrected chi connectivity index (χ0v) is 13.0. The molecule has 108 valence electrons. The van der Waals surface area contributed by atoms with Gasteiger partial charge in [-0.05, 0) is 37.3 Å². The third kappa shape index (κ3) is 4.56. The molecule has 1 fully saturated rings. The maximum atomic E-state index is 12.2. The molecule has 1 aliphatic heterocycles. The van der Waals surface area contributed by atoms with Crippen LogP contribution in [0.3, 0.4) is 0 Å². The fourth-order valence-corrected chi connectivity index (χ4v) is 4.42. The Morgan fingerprint density at radius 2 is 2.32 bits per heavy atom. The topological polar surface area (TPSA) is 49.4 Å². The summed E-state index contributed by atoms with van der Waals surface area (Å²) >= 11 is 1.68. The summed E-state index contributed by atoms with van der Waals surface area (Å²) in [6, 6.07) is 4.18. The van der Waals surface area contributed by atoms with Crippen molar-refractivity contribution >= 4 is 21.4 Å². The first-order valence-electron chi connectivity index (χ1n) is 6.78. The van der Waals surface area contributed by atoms with Crippen LogP contribution in [0.1, 0.15) is 24.1 Å². The zero-order valence-electron chi connectivity index (χ0n) is 11.3. The molecule has 1 aromatic rings. The van der Waals surface area contributed by atoms with Crippen LogP contribution in [0.5, 0.6) is 0 Å². The van der Waals surface area contributed by atoms with E-state index in [0.29, 0.717) is 6.54 Å². The Kier molecular flexibility index (Phi) is 5.38. The van der Waals surface area contributed by atoms with E-state index in [1.165, 1.54) is 9.18 Å². The summed E-state index contributed by atoms with van der Waals surface area (Å²) in [5.41, 5.74) is 0. The van der Waals surface area contributed by atoms with Crippen molar-refractivity contribution in [2.24, 2.45) is 0 Å². The molecule has 1 atom stereocenters. The molecular weight excluding hydrogens is 280 g/mol. The fraction of sp³-hybridized carbons (Fsp3) is 0.692. The van der Waals surface area contributed by atoms with E-state index in [1.54, 1.807) is 18.4 Å². The van der Waals surface area contributed by atoms with E-state index < -0.39 is 10.0 Å². The van der Waals surface area contributed by atoms with Crippen molar-refractivity contribution in [3.05, 3.63) is 22.4 Å². The molecule has 1 aliphatic rings. The third-order valence-electron chi connectivity index (χ3n) is 3.55. The summed E-state index contributed by atoms with van der Waals surface area (Å²) in [6.07, 6.45) is 4.06. The molecule has 0 aliphatic carbocycles. The van der Waals surface area contributed by atoms with Crippen LogP contribution in [-0.4, -0.2) is 44.7 Å². The molecule has 4 nitrogen and oxygen atoms in total. The predicted octanol–water partition coefficient (Wildman–Crippen LogP) is 1.69. The van der Waals surface area contributed by atoms with Crippen molar-refractivity contribution in [1.82, 2.24) is 9.62 Å². The van der Waals surface area contributed by atoms with E-state index in [9.17, 15) is 8.42 Å². The number of nitrogens with zero attached hydrogens (tertiary/aromatic N) is 1. The van der Waals surface area contributed by atoms with Gasteiger partial charge in [-0.3, -0.25) is 0 Å². The largest absolute Gasteiger partial charge is 0.313 e. The highest BCUT2D eigenvalue weighted by molar-refractivity contribution is 7.89. The summed E-state index contributed by atoms with van der Waals surface area (Å²) in [7, 11) is -1.45. The minimum absolute atomic E-state index is 0.128. The number of nitrogens with one attached hydrogen (secondary N) is 1. The SMILES string of the molecule is CN(CCc1cccs1)S(=O)(=O)CC1CCCCN1. The van der Waals surface area contributed by atoms with Gasteiger partial charge in [0.2, 0.25) is 10.0 Å². The van der Waals surface area contributed by atoms with Gasteiger partial charge in [0.25, 0.3) is 0 Å². The van der Waals surface area contributed by atoms with Gasteiger partial charge in [-0.25, -0.2) is 12.7 Å². The molecule has 1 saturated heterocycles. The number of thiophene rings is 1. The summed E-state index contributed by atoms with van der Waals surface area (Å²) in [4.78, 5) is 1.23. The maximum Gasteiger partial charge on any atom is 0.215 e. The van der Waals surface area contributed by atoms with E-state index in [1.807, 2.05) is 17.5 Å². The average molecular weight is 302 g/mol. The minimum Gasteiger partial charge on any atom is -0.313 e. The lowest BCUT2D eigenvalue weighted by Crippen LogP contribution is -2.43. The first-order valence-corrected chi connectivity index (χ1v) is 9.26. The van der Waals surface area contributed by atoms with Gasteiger partial charge in [0.15, 0.2) is 0 Å². The first-order chi connectivity index (χ1) is 9.08. The number of likely N-dealkylation sites (N-methyl/N-ethyl adjacent to an activating group) is 1. The monoisotopic (exact) mass is 302 g/mol. The van der Waals surface area contributed by atoms with Crippen molar-refractivity contribution < 1.29 is 8.42 Å². The van der Waals surface area contributed by atoms with Crippen LogP contribution in [-0.2, 0) is 16.4 Å². The molecule has 2 heterocycles. The summed E-state index contributed by atoms with van der Waals surface area (Å²) in [5, 5.41) is 5.32. The molecule has 0 spiro atoms. The lowest BCUT2D eigenvalue weighted by Gasteiger charge is -2.25. The van der Waals surface area contributed by atoms with Crippen LogP contribution in [0.4, 0.5) is 0 Å². The second-order valence-electron chi connectivity index (χ2n) is 5.08. The van der Waals surface area contributed by atoms with Gasteiger partial charge >= 0.3 is 0 Å². The second-order valence-corrected chi connectivity index (χ2v) is 8.23. The molecule has 0 radical (unpaired) electrons. The van der Waals surface area contributed by atoms with Crippen molar-refractivity contribution in [2.75, 3.05) is 25.9 Å². The number of hydrogen-bond donors (Lipinski definition) is 1. The normalized spacial score (nSPS) is 20.8. The second kappa shape index (κ2) is 6.83. The molecule has 0 amide bonds. The van der Waals surface area contributed by atoms with Crippen LogP contribution >= 0.6 is 11.3 Å². The first kappa shape index (κ1) is 15.0. The van der Waals surface area contributed by atoms with E-state index in [0.717, 1.165) is 32.2 Å². The number of piperidine rings is 1. The van der Waals surface area contributed by atoms with E-state index >= 15 is 0 Å². The fourth-order valence-electron chi connectivity index (χ4n) is 2.31. The van der Waals surface area contributed by atoms with Crippen molar-refractivity contribution in [3.63, 3.8) is 0 Å². The molecule has 1 unspecified atom stereocenters. The Balaban J connectivity index is 1.83. The van der Waals surface area contributed by atoms with Gasteiger partial charge in [-0.15, -0.1) is 11.3 Å². The zero-order chi connectivity index (χ0) is 13.7. The van der Waals surface area contributed by atoms with Gasteiger partial charge < -0.3 is 5.32 Å². The Morgan fingerprint density at radius 3 is 2.95 bits per heavy atom. The quantitative estimate of drug-likeness (QED) is 0.870. The Labute approximate surface area is 119 Å². The number of rotatable bonds is 6. The van der Waals surface area contributed by atoms with E-state index in [4.69, 9.17) is 0 Å². The van der Waals surface area contributed by atoms with Crippen molar-refractivity contribution in [3.8, 4) is 0 Å². The molecule has 6 heteroatoms. The average Bonchev–Trinajstić information content (AvgIpc) is 2.89. The van der Waals surface area contributed by atoms with Crippen molar-refractivity contribution in [1.29, 1.82) is 0 Å². The van der Waals surface area contributed by atoms with Crippen LogP contribution in [0.15, 0.2) is 17.5 Å². The highest BCUT2D eigenvalue weighted by Crippen LogP contribution is 2.13. The molecule has 1 aromatic heterocycles. The minimum atomic E-state index is -3.14. The highest BCUT2D eigenvalue weighted by atomic mass is 32.2. The Bertz CT molecular complexity index is 465. The number of hydrogen-bond acceptors (Lipinski definition) is 4. The van der Waals surface area contributed by atoms with Crippen molar-refractivity contribution in [2.45, 2.75) is 31.7 Å². The lowest BCUT2D eigenvalue weighted by atomic mass is 10.1. The summed E-state index contributed by atoms with van der Waals surface area (Å²) in [6.45, 7) is 1.51. The van der Waals surface area contributed by atoms with Gasteiger partial charge in [-0.1, -0.05) is 12.5 Å². The maximum absolute atomic E-state index is 12.2. The predicted molar refractivity (Wildman–Crippen MR) is 80.1 cm³/mol. The molecule has 0 bridgehead atoms. The molecule has 19 heavy (non-hydrogen) atoms. The smallest absolute Gasteiger partial charge is 0.215 e. The van der Waals surface area contributed by atoms with Gasteiger partial charge in [-0.2, -0.15) is 0 Å². The van der Waals surface area contributed by atoms with Crippen LogP contribution < -0.4 is 5.32 Å². The van der Waals surface area contributed by atoms with Gasteiger partial charge in [0, 0.05) is 24.5 Å². The van der Waals surface area contributed by atoms with Gasteiger partial charge in [0.05, 0.1) is 5.75 Å². The lowest BCUT2D eigenvalue weighted by molar-refractivity contribution is 0.410. The molecule has 2 rings (SSSR count). The van der Waals surface area contributed by atoms with E-state index in [-0.39, 0.29) is 11.8 Å². The van der Waals surface area contributed by atoms with Crippen LogP contribution in [0.2, 0.25) is 0 Å². The molecule has 1 N–H and O–H groups in total. The van der Waals surface area contributed by atoms with Crippen LogP contribution in [0, 0.1) is 0 Å². The van der Waals surface area contributed by atoms with Crippen LogP contribution in [0.25, 0.3) is 0 Å². The Hall–Kier alpha value is -0.430. The standard InChI is InChI=1S/C13H22N2O2S2/c1-15(9-7-13-6-4-10-18-13)19(16,17)11-12-5-2-3-8-14-12/h4,6,10,12,14H,2-3,5,7-9,11H2,1H3. The third-order valence-corrected chi connectivity index (χ3v) is 6.44. The molecular formula is C13H22N2O2S2. The number of sulfonamides is 1. The molecule has 0 aromatic carbocycles. The Morgan fingerprint density at radius 1 is 1.47 bits per heavy atom. The van der Waals surface area contributed by atoms with E-state index in [2.05, 4.69) is 5.32 Å². The summed E-state index contributed by atoms with van der Waals surface area (Å²) in [5.74, 6) is 0.230. The summed E-state index contributed by atoms with van der Waals surface area (Å²) < 4.78 is 26.0. The highest BCUT2D eigenvalue weighted by Gasteiger charge is 2.24. The molecule has 0 saturated carbocycles. The van der Waals surface area contributed by atoms with Gasteiger partial charge in [0.1, 0.15) is 0 Å².